The summed E-state index contributed by atoms with van der Waals surface area (Å²) in [7, 11) is 0. The number of amides is 1. The van der Waals surface area contributed by atoms with Gasteiger partial charge in [0.05, 0.1) is 5.56 Å². The van der Waals surface area contributed by atoms with E-state index in [2.05, 4.69) is 20.6 Å². The van der Waals surface area contributed by atoms with Crippen LogP contribution in [0.3, 0.4) is 0 Å². The highest BCUT2D eigenvalue weighted by molar-refractivity contribution is 6.03. The first kappa shape index (κ1) is 19.3. The Morgan fingerprint density at radius 3 is 2.43 bits per heavy atom. The van der Waals surface area contributed by atoms with Crippen molar-refractivity contribution in [3.8, 4) is 0 Å². The number of rotatable bonds is 4. The predicted molar refractivity (Wildman–Crippen MR) is 101 cm³/mol. The lowest BCUT2D eigenvalue weighted by atomic mass is 10.2. The zero-order valence-corrected chi connectivity index (χ0v) is 15.1. The quantitative estimate of drug-likeness (QED) is 0.654. The van der Waals surface area contributed by atoms with Crippen molar-refractivity contribution in [1.29, 1.82) is 0 Å². The van der Waals surface area contributed by atoms with Crippen LogP contribution in [0.1, 0.15) is 27.3 Å². The molecule has 1 heterocycles. The molecule has 1 aromatic heterocycles. The van der Waals surface area contributed by atoms with Crippen molar-refractivity contribution in [3.05, 3.63) is 77.1 Å². The Hall–Kier alpha value is -3.42. The summed E-state index contributed by atoms with van der Waals surface area (Å²) >= 11 is 0. The third-order valence-corrected chi connectivity index (χ3v) is 3.93. The maximum Gasteiger partial charge on any atom is 0.416 e. The summed E-state index contributed by atoms with van der Waals surface area (Å²) in [6.45, 7) is 3.53. The fourth-order valence-electron chi connectivity index (χ4n) is 2.54. The monoisotopic (exact) mass is 386 g/mol. The van der Waals surface area contributed by atoms with E-state index in [4.69, 9.17) is 0 Å². The molecule has 0 fully saturated rings. The van der Waals surface area contributed by atoms with Crippen LogP contribution in [0.2, 0.25) is 0 Å². The number of benzene rings is 2. The van der Waals surface area contributed by atoms with Gasteiger partial charge in [0, 0.05) is 17.1 Å². The lowest BCUT2D eigenvalue weighted by Gasteiger charge is -2.11. The molecule has 8 heteroatoms. The standard InChI is InChI=1S/C20H17F3N4O/c1-12-6-3-4-9-16(12)26-18(28)17-10-13(2)24-19(27-17)25-15-8-5-7-14(11-15)20(21,22)23/h3-11H,1-2H3,(H,26,28)(H,24,25,27). The number of nitrogens with one attached hydrogen (secondary N) is 2. The van der Waals surface area contributed by atoms with Crippen LogP contribution in [0, 0.1) is 13.8 Å². The van der Waals surface area contributed by atoms with Gasteiger partial charge in [-0.3, -0.25) is 4.79 Å². The van der Waals surface area contributed by atoms with Gasteiger partial charge in [0.15, 0.2) is 0 Å². The Morgan fingerprint density at radius 2 is 1.71 bits per heavy atom. The molecular weight excluding hydrogens is 369 g/mol. The van der Waals surface area contributed by atoms with Crippen LogP contribution in [-0.4, -0.2) is 15.9 Å². The van der Waals surface area contributed by atoms with Crippen molar-refractivity contribution < 1.29 is 18.0 Å². The number of hydrogen-bond donors (Lipinski definition) is 2. The molecule has 0 saturated carbocycles. The lowest BCUT2D eigenvalue weighted by Crippen LogP contribution is -2.16. The summed E-state index contributed by atoms with van der Waals surface area (Å²) in [5.74, 6) is -0.402. The number of hydrogen-bond acceptors (Lipinski definition) is 4. The van der Waals surface area contributed by atoms with E-state index >= 15 is 0 Å². The second-order valence-corrected chi connectivity index (χ2v) is 6.19. The molecule has 0 aliphatic carbocycles. The van der Waals surface area contributed by atoms with Crippen molar-refractivity contribution in [3.63, 3.8) is 0 Å². The number of anilines is 3. The van der Waals surface area contributed by atoms with Crippen molar-refractivity contribution in [2.24, 2.45) is 0 Å². The highest BCUT2D eigenvalue weighted by atomic mass is 19.4. The van der Waals surface area contributed by atoms with Crippen molar-refractivity contribution in [1.82, 2.24) is 9.97 Å². The lowest BCUT2D eigenvalue weighted by molar-refractivity contribution is -0.137. The molecule has 2 N–H and O–H groups in total. The van der Waals surface area contributed by atoms with Crippen LogP contribution < -0.4 is 10.6 Å². The first-order chi connectivity index (χ1) is 13.2. The Kier molecular flexibility index (Phi) is 5.30. The van der Waals surface area contributed by atoms with Crippen LogP contribution in [-0.2, 0) is 6.18 Å². The molecule has 0 atom stereocenters. The number of para-hydroxylation sites is 1. The van der Waals surface area contributed by atoms with Gasteiger partial charge in [0.25, 0.3) is 5.91 Å². The molecule has 0 aliphatic heterocycles. The SMILES string of the molecule is Cc1cc(C(=O)Nc2ccccc2C)nc(Nc2cccc(C(F)(F)F)c2)n1. The average Bonchev–Trinajstić information content (AvgIpc) is 2.62. The molecule has 0 radical (unpaired) electrons. The van der Waals surface area contributed by atoms with Gasteiger partial charge in [0.1, 0.15) is 5.69 Å². The number of aromatic nitrogens is 2. The van der Waals surface area contributed by atoms with E-state index in [-0.39, 0.29) is 17.3 Å². The molecule has 3 aromatic rings. The summed E-state index contributed by atoms with van der Waals surface area (Å²) in [4.78, 5) is 20.8. The molecule has 0 spiro atoms. The van der Waals surface area contributed by atoms with Gasteiger partial charge in [-0.05, 0) is 49.7 Å². The summed E-state index contributed by atoms with van der Waals surface area (Å²) < 4.78 is 38.6. The summed E-state index contributed by atoms with van der Waals surface area (Å²) in [6, 6.07) is 13.5. The maximum absolute atomic E-state index is 12.9. The number of carbonyl (C=O) groups excluding carboxylic acids is 1. The van der Waals surface area contributed by atoms with Crippen molar-refractivity contribution in [2.75, 3.05) is 10.6 Å². The number of alkyl halides is 3. The number of aryl methyl sites for hydroxylation is 2. The highest BCUT2D eigenvalue weighted by Gasteiger charge is 2.30. The normalized spacial score (nSPS) is 11.2. The molecule has 0 unspecified atom stereocenters. The minimum Gasteiger partial charge on any atom is -0.324 e. The molecule has 2 aromatic carbocycles. The maximum atomic E-state index is 12.9. The van der Waals surface area contributed by atoms with E-state index < -0.39 is 17.6 Å². The van der Waals surface area contributed by atoms with E-state index in [1.807, 2.05) is 19.1 Å². The molecule has 3 rings (SSSR count). The van der Waals surface area contributed by atoms with Crippen molar-refractivity contribution >= 4 is 23.2 Å². The Balaban J connectivity index is 1.84. The van der Waals surface area contributed by atoms with E-state index in [0.717, 1.165) is 17.7 Å². The smallest absolute Gasteiger partial charge is 0.324 e. The van der Waals surface area contributed by atoms with E-state index in [0.29, 0.717) is 11.4 Å². The Labute approximate surface area is 159 Å². The third-order valence-electron chi connectivity index (χ3n) is 3.93. The second-order valence-electron chi connectivity index (χ2n) is 6.19. The molecule has 1 amide bonds. The van der Waals surface area contributed by atoms with E-state index in [1.54, 1.807) is 19.1 Å². The summed E-state index contributed by atoms with van der Waals surface area (Å²) in [5, 5.41) is 5.49. The largest absolute Gasteiger partial charge is 0.416 e. The second kappa shape index (κ2) is 7.67. The van der Waals surface area contributed by atoms with Crippen LogP contribution in [0.25, 0.3) is 0 Å². The average molecular weight is 386 g/mol. The van der Waals surface area contributed by atoms with Gasteiger partial charge in [-0.15, -0.1) is 0 Å². The summed E-state index contributed by atoms with van der Waals surface area (Å²) in [6.07, 6.45) is -4.45. The van der Waals surface area contributed by atoms with Crippen LogP contribution in [0.5, 0.6) is 0 Å². The van der Waals surface area contributed by atoms with Crippen LogP contribution >= 0.6 is 0 Å². The highest BCUT2D eigenvalue weighted by Crippen LogP contribution is 2.31. The van der Waals surface area contributed by atoms with E-state index in [1.165, 1.54) is 18.2 Å². The molecule has 0 saturated heterocycles. The fraction of sp³-hybridized carbons (Fsp3) is 0.150. The first-order valence-electron chi connectivity index (χ1n) is 8.39. The molecule has 0 bridgehead atoms. The minimum atomic E-state index is -4.45. The zero-order valence-electron chi connectivity index (χ0n) is 15.1. The van der Waals surface area contributed by atoms with Gasteiger partial charge in [-0.25, -0.2) is 9.97 Å². The predicted octanol–water partition coefficient (Wildman–Crippen LogP) is 5.11. The van der Waals surface area contributed by atoms with Crippen LogP contribution in [0.15, 0.2) is 54.6 Å². The first-order valence-corrected chi connectivity index (χ1v) is 8.39. The number of halogens is 3. The molecule has 144 valence electrons. The van der Waals surface area contributed by atoms with Gasteiger partial charge < -0.3 is 10.6 Å². The van der Waals surface area contributed by atoms with Gasteiger partial charge in [0.2, 0.25) is 5.95 Å². The Morgan fingerprint density at radius 1 is 0.964 bits per heavy atom. The Bertz CT molecular complexity index is 1020. The molecule has 5 nitrogen and oxygen atoms in total. The topological polar surface area (TPSA) is 66.9 Å². The minimum absolute atomic E-state index is 0.0364. The van der Waals surface area contributed by atoms with Crippen molar-refractivity contribution in [2.45, 2.75) is 20.0 Å². The summed E-state index contributed by atoms with van der Waals surface area (Å²) in [5.41, 5.74) is 1.53. The molecule has 28 heavy (non-hydrogen) atoms. The zero-order chi connectivity index (χ0) is 20.3. The molecular formula is C20H17F3N4O. The van der Waals surface area contributed by atoms with Gasteiger partial charge >= 0.3 is 6.18 Å². The van der Waals surface area contributed by atoms with E-state index in [9.17, 15) is 18.0 Å². The van der Waals surface area contributed by atoms with Crippen LogP contribution in [0.4, 0.5) is 30.5 Å². The van der Waals surface area contributed by atoms with Gasteiger partial charge in [-0.2, -0.15) is 13.2 Å². The number of nitrogens with zero attached hydrogens (tertiary/aromatic N) is 2. The fourth-order valence-corrected chi connectivity index (χ4v) is 2.54. The van der Waals surface area contributed by atoms with Gasteiger partial charge in [-0.1, -0.05) is 24.3 Å². The molecule has 0 aliphatic rings. The third kappa shape index (κ3) is 4.64. The number of carbonyl (C=O) groups is 1.